The van der Waals surface area contributed by atoms with Crippen molar-refractivity contribution in [3.05, 3.63) is 48.6 Å². The zero-order chi connectivity index (χ0) is 10.9. The molecule has 0 aliphatic carbocycles. The average molecular weight is 204 g/mol. The van der Waals surface area contributed by atoms with Gasteiger partial charge < -0.3 is 4.74 Å². The molecule has 0 amide bonds. The summed E-state index contributed by atoms with van der Waals surface area (Å²) in [7, 11) is 0. The van der Waals surface area contributed by atoms with Crippen LogP contribution in [-0.4, -0.2) is 12.7 Å². The van der Waals surface area contributed by atoms with E-state index in [1.807, 2.05) is 13.0 Å². The summed E-state index contributed by atoms with van der Waals surface area (Å²) in [6.07, 6.45) is 5.46. The topological polar surface area (TPSA) is 9.23 Å². The monoisotopic (exact) mass is 204 g/mol. The Balaban J connectivity index is 2.23. The van der Waals surface area contributed by atoms with E-state index in [1.54, 1.807) is 0 Å². The summed E-state index contributed by atoms with van der Waals surface area (Å²) < 4.78 is 5.51. The summed E-state index contributed by atoms with van der Waals surface area (Å²) in [5, 5.41) is 0. The van der Waals surface area contributed by atoms with E-state index in [-0.39, 0.29) is 6.10 Å². The predicted octanol–water partition coefficient (Wildman–Crippen LogP) is 3.60. The number of benzene rings is 1. The van der Waals surface area contributed by atoms with Crippen LogP contribution in [0.4, 0.5) is 0 Å². The number of hydrogen-bond donors (Lipinski definition) is 0. The first-order valence-electron chi connectivity index (χ1n) is 5.65. The van der Waals surface area contributed by atoms with Crippen LogP contribution in [0.3, 0.4) is 0 Å². The lowest BCUT2D eigenvalue weighted by Gasteiger charge is -2.11. The van der Waals surface area contributed by atoms with E-state index in [0.29, 0.717) is 0 Å². The first kappa shape index (κ1) is 12.0. The molecule has 0 heterocycles. The lowest BCUT2D eigenvalue weighted by atomic mass is 10.1. The molecule has 1 aromatic carbocycles. The van der Waals surface area contributed by atoms with Crippen LogP contribution in [0, 0.1) is 0 Å². The highest BCUT2D eigenvalue weighted by molar-refractivity contribution is 5.14. The van der Waals surface area contributed by atoms with Gasteiger partial charge in [0.15, 0.2) is 0 Å². The van der Waals surface area contributed by atoms with Crippen molar-refractivity contribution in [3.63, 3.8) is 0 Å². The van der Waals surface area contributed by atoms with Gasteiger partial charge in [0.1, 0.15) is 0 Å². The maximum absolute atomic E-state index is 5.51. The van der Waals surface area contributed by atoms with Crippen LogP contribution in [0.1, 0.15) is 25.3 Å². The smallest absolute Gasteiger partial charge is 0.0753 e. The average Bonchev–Trinajstić information content (AvgIpc) is 2.29. The SMILES string of the molecule is C=C[C@@H](CCCc1ccccc1)OCC. The minimum Gasteiger partial charge on any atom is -0.374 e. The van der Waals surface area contributed by atoms with Crippen LogP contribution < -0.4 is 0 Å². The van der Waals surface area contributed by atoms with Crippen molar-refractivity contribution >= 4 is 0 Å². The Labute approximate surface area is 92.8 Å². The zero-order valence-electron chi connectivity index (χ0n) is 9.49. The summed E-state index contributed by atoms with van der Waals surface area (Å²) in [5.74, 6) is 0. The fourth-order valence-electron chi connectivity index (χ4n) is 1.64. The van der Waals surface area contributed by atoms with Gasteiger partial charge in [-0.1, -0.05) is 36.4 Å². The third kappa shape index (κ3) is 4.80. The summed E-state index contributed by atoms with van der Waals surface area (Å²) >= 11 is 0. The third-order valence-electron chi connectivity index (χ3n) is 2.44. The molecule has 1 aromatic rings. The van der Waals surface area contributed by atoms with E-state index in [0.717, 1.165) is 25.9 Å². The van der Waals surface area contributed by atoms with Crippen molar-refractivity contribution in [3.8, 4) is 0 Å². The van der Waals surface area contributed by atoms with E-state index in [1.165, 1.54) is 5.56 Å². The molecular formula is C14H20O. The summed E-state index contributed by atoms with van der Waals surface area (Å²) in [4.78, 5) is 0. The van der Waals surface area contributed by atoms with E-state index in [4.69, 9.17) is 4.74 Å². The Morgan fingerprint density at radius 2 is 2.07 bits per heavy atom. The van der Waals surface area contributed by atoms with Gasteiger partial charge in [-0.2, -0.15) is 0 Å². The van der Waals surface area contributed by atoms with Crippen LogP contribution in [0.15, 0.2) is 43.0 Å². The number of aryl methyl sites for hydroxylation is 1. The van der Waals surface area contributed by atoms with Crippen molar-refractivity contribution in [2.75, 3.05) is 6.61 Å². The zero-order valence-corrected chi connectivity index (χ0v) is 9.49. The number of rotatable bonds is 7. The molecule has 0 N–H and O–H groups in total. The van der Waals surface area contributed by atoms with Crippen LogP contribution in [-0.2, 0) is 11.2 Å². The molecule has 15 heavy (non-hydrogen) atoms. The number of ether oxygens (including phenoxy) is 1. The van der Waals surface area contributed by atoms with Crippen LogP contribution in [0.5, 0.6) is 0 Å². The van der Waals surface area contributed by atoms with Gasteiger partial charge in [0.05, 0.1) is 6.10 Å². The Bertz CT molecular complexity index is 266. The van der Waals surface area contributed by atoms with Crippen molar-refractivity contribution in [2.45, 2.75) is 32.3 Å². The Morgan fingerprint density at radius 3 is 2.67 bits per heavy atom. The molecule has 0 spiro atoms. The highest BCUT2D eigenvalue weighted by Gasteiger charge is 2.02. The molecule has 0 aromatic heterocycles. The second kappa shape index (κ2) is 7.24. The van der Waals surface area contributed by atoms with E-state index in [9.17, 15) is 0 Å². The van der Waals surface area contributed by atoms with Crippen LogP contribution in [0.25, 0.3) is 0 Å². The van der Waals surface area contributed by atoms with Crippen molar-refractivity contribution < 1.29 is 4.74 Å². The molecule has 0 aliphatic rings. The van der Waals surface area contributed by atoms with Crippen molar-refractivity contribution in [1.82, 2.24) is 0 Å². The minimum absolute atomic E-state index is 0.221. The van der Waals surface area contributed by atoms with Gasteiger partial charge in [-0.05, 0) is 31.7 Å². The van der Waals surface area contributed by atoms with Gasteiger partial charge in [0.2, 0.25) is 0 Å². The molecule has 0 bridgehead atoms. The Morgan fingerprint density at radius 1 is 1.33 bits per heavy atom. The summed E-state index contributed by atoms with van der Waals surface area (Å²) in [6.45, 7) is 6.57. The van der Waals surface area contributed by atoms with Crippen molar-refractivity contribution in [1.29, 1.82) is 0 Å². The minimum atomic E-state index is 0.221. The summed E-state index contributed by atoms with van der Waals surface area (Å²) in [5.41, 5.74) is 1.40. The molecule has 0 aliphatic heterocycles. The molecule has 0 unspecified atom stereocenters. The highest BCUT2D eigenvalue weighted by atomic mass is 16.5. The van der Waals surface area contributed by atoms with Gasteiger partial charge >= 0.3 is 0 Å². The van der Waals surface area contributed by atoms with Crippen LogP contribution >= 0.6 is 0 Å². The highest BCUT2D eigenvalue weighted by Crippen LogP contribution is 2.09. The molecule has 1 rings (SSSR count). The molecule has 0 radical (unpaired) electrons. The number of hydrogen-bond acceptors (Lipinski definition) is 1. The molecule has 1 atom stereocenters. The Hall–Kier alpha value is -1.08. The summed E-state index contributed by atoms with van der Waals surface area (Å²) in [6, 6.07) is 10.6. The molecule has 82 valence electrons. The van der Waals surface area contributed by atoms with E-state index >= 15 is 0 Å². The normalized spacial score (nSPS) is 12.3. The first-order valence-corrected chi connectivity index (χ1v) is 5.65. The molecule has 0 fully saturated rings. The Kier molecular flexibility index (Phi) is 5.79. The van der Waals surface area contributed by atoms with Gasteiger partial charge in [-0.3, -0.25) is 0 Å². The van der Waals surface area contributed by atoms with Crippen molar-refractivity contribution in [2.24, 2.45) is 0 Å². The maximum Gasteiger partial charge on any atom is 0.0753 e. The van der Waals surface area contributed by atoms with Gasteiger partial charge in [-0.15, -0.1) is 6.58 Å². The quantitative estimate of drug-likeness (QED) is 0.617. The lowest BCUT2D eigenvalue weighted by molar-refractivity contribution is 0.0891. The lowest BCUT2D eigenvalue weighted by Crippen LogP contribution is -2.09. The molecule has 0 saturated carbocycles. The third-order valence-corrected chi connectivity index (χ3v) is 2.44. The molecule has 0 saturated heterocycles. The second-order valence-corrected chi connectivity index (χ2v) is 3.61. The first-order chi connectivity index (χ1) is 7.36. The maximum atomic E-state index is 5.51. The molecule has 1 heteroatoms. The molecule has 1 nitrogen and oxygen atoms in total. The van der Waals surface area contributed by atoms with Gasteiger partial charge in [0.25, 0.3) is 0 Å². The molecular weight excluding hydrogens is 184 g/mol. The fraction of sp³-hybridized carbons (Fsp3) is 0.429. The van der Waals surface area contributed by atoms with Gasteiger partial charge in [0, 0.05) is 6.61 Å². The van der Waals surface area contributed by atoms with E-state index < -0.39 is 0 Å². The standard InChI is InChI=1S/C14H20O/c1-3-14(15-4-2)12-8-11-13-9-6-5-7-10-13/h3,5-7,9-10,14H,1,4,8,11-12H2,2H3/t14-/m0/s1. The van der Waals surface area contributed by atoms with E-state index in [2.05, 4.69) is 36.9 Å². The second-order valence-electron chi connectivity index (χ2n) is 3.61. The largest absolute Gasteiger partial charge is 0.374 e. The predicted molar refractivity (Wildman–Crippen MR) is 65.0 cm³/mol. The fourth-order valence-corrected chi connectivity index (χ4v) is 1.64. The van der Waals surface area contributed by atoms with Crippen LogP contribution in [0.2, 0.25) is 0 Å². The van der Waals surface area contributed by atoms with Gasteiger partial charge in [-0.25, -0.2) is 0 Å².